The van der Waals surface area contributed by atoms with Crippen LogP contribution < -0.4 is 9.47 Å². The second-order valence-electron chi connectivity index (χ2n) is 7.73. The van der Waals surface area contributed by atoms with E-state index in [0.717, 1.165) is 15.5 Å². The number of hydrogen-bond acceptors (Lipinski definition) is 9. The number of alkyl halides is 3. The minimum absolute atomic E-state index is 0.0769. The van der Waals surface area contributed by atoms with Crippen LogP contribution in [0.3, 0.4) is 0 Å². The van der Waals surface area contributed by atoms with Gasteiger partial charge in [-0.3, -0.25) is 4.79 Å². The van der Waals surface area contributed by atoms with Crippen LogP contribution in [-0.2, 0) is 13.7 Å². The van der Waals surface area contributed by atoms with Gasteiger partial charge in [0, 0.05) is 9.79 Å². The number of thiophene rings is 2. The third-order valence-electron chi connectivity index (χ3n) is 5.23. The number of carbonyl (C=O) groups excluding carboxylic acids is 1. The molecule has 6 nitrogen and oxygen atoms in total. The van der Waals surface area contributed by atoms with Gasteiger partial charge < -0.3 is 9.47 Å². The topological polar surface area (TPSA) is 78.9 Å². The normalized spacial score (nSPS) is 12.8. The van der Waals surface area contributed by atoms with Gasteiger partial charge in [-0.1, -0.05) is 11.8 Å². The molecule has 0 atom stereocenters. The first-order chi connectivity index (χ1) is 18.4. The molecule has 0 spiro atoms. The fraction of sp³-hybridized carbons (Fsp3) is 0.160. The van der Waals surface area contributed by atoms with E-state index in [1.54, 1.807) is 24.3 Å². The number of methoxy groups -OCH3 is 2. The minimum Gasteiger partial charge on any atom is -0.497 e. The number of benzene rings is 2. The van der Waals surface area contributed by atoms with Gasteiger partial charge in [0.1, 0.15) is 11.5 Å². The van der Waals surface area contributed by atoms with Gasteiger partial charge >= 0.3 is 15.6 Å². The van der Waals surface area contributed by atoms with Crippen LogP contribution in [0.5, 0.6) is 11.5 Å². The molecular formula is C25H21F3O6S5. The number of carbonyl (C=O) groups is 1. The number of Topliss-reactive ketones (excluding diaryl/α,β-unsaturated/α-hetero) is 1. The van der Waals surface area contributed by atoms with Crippen LogP contribution in [0.25, 0.3) is 0 Å². The summed E-state index contributed by atoms with van der Waals surface area (Å²) in [4.78, 5) is 12.7. The van der Waals surface area contributed by atoms with Gasteiger partial charge in [-0.2, -0.15) is 25.2 Å². The molecule has 0 aliphatic carbocycles. The van der Waals surface area contributed by atoms with Crippen LogP contribution in [0.15, 0.2) is 95.2 Å². The molecule has 0 N–H and O–H groups in total. The van der Waals surface area contributed by atoms with E-state index in [2.05, 4.69) is 0 Å². The zero-order valence-corrected chi connectivity index (χ0v) is 24.6. The van der Waals surface area contributed by atoms with Gasteiger partial charge in [0.25, 0.3) is 0 Å². The van der Waals surface area contributed by atoms with Crippen molar-refractivity contribution in [2.24, 2.45) is 0 Å². The van der Waals surface area contributed by atoms with E-state index < -0.39 is 25.9 Å². The molecule has 0 fully saturated rings. The van der Waals surface area contributed by atoms with Crippen LogP contribution in [0.1, 0.15) is 16.6 Å². The Morgan fingerprint density at radius 2 is 1.26 bits per heavy atom. The van der Waals surface area contributed by atoms with Crippen molar-refractivity contribution in [1.82, 2.24) is 0 Å². The highest BCUT2D eigenvalue weighted by molar-refractivity contribution is 8.34. The van der Waals surface area contributed by atoms with E-state index in [-0.39, 0.29) is 19.8 Å². The monoisotopic (exact) mass is 634 g/mol. The molecule has 39 heavy (non-hydrogen) atoms. The maximum Gasteiger partial charge on any atom is 0.524 e. The van der Waals surface area contributed by atoms with Gasteiger partial charge in [0.2, 0.25) is 0 Å². The van der Waals surface area contributed by atoms with Crippen LogP contribution in [-0.4, -0.2) is 33.9 Å². The largest absolute Gasteiger partial charge is 0.524 e. The van der Waals surface area contributed by atoms with Gasteiger partial charge in [-0.25, -0.2) is 0 Å². The Balaban J connectivity index is 1.93. The Morgan fingerprint density at radius 3 is 1.69 bits per heavy atom. The molecule has 0 saturated heterocycles. The molecule has 0 radical (unpaired) electrons. The van der Waals surface area contributed by atoms with Gasteiger partial charge in [-0.15, -0.1) is 22.7 Å². The maximum absolute atomic E-state index is 13.7. The molecule has 0 unspecified atom stereocenters. The number of ketones is 1. The van der Waals surface area contributed by atoms with Crippen molar-refractivity contribution in [1.29, 1.82) is 0 Å². The van der Waals surface area contributed by atoms with Crippen LogP contribution in [0, 0.1) is 0 Å². The second-order valence-corrected chi connectivity index (χ2v) is 16.2. The highest BCUT2D eigenvalue weighted by Gasteiger charge is 2.53. The number of hydrogen-bond donors (Lipinski definition) is 0. The highest BCUT2D eigenvalue weighted by Crippen LogP contribution is 2.72. The van der Waals surface area contributed by atoms with E-state index in [1.807, 2.05) is 0 Å². The summed E-state index contributed by atoms with van der Waals surface area (Å²) in [6.45, 7) is 1.46. The summed E-state index contributed by atoms with van der Waals surface area (Å²) >= 11 is 3.73. The highest BCUT2D eigenvalue weighted by atomic mass is 32.3. The number of rotatable bonds is 10. The zero-order chi connectivity index (χ0) is 28.4. The fourth-order valence-electron chi connectivity index (χ4n) is 3.36. The number of ether oxygens (including phenoxy) is 2. The van der Waals surface area contributed by atoms with E-state index in [9.17, 15) is 26.4 Å². The first kappa shape index (κ1) is 29.5. The maximum atomic E-state index is 13.7. The predicted octanol–water partition coefficient (Wildman–Crippen LogP) is 8.24. The Labute approximate surface area is 237 Å². The summed E-state index contributed by atoms with van der Waals surface area (Å²) in [7, 11) is -6.64. The number of halogens is 3. The zero-order valence-electron chi connectivity index (χ0n) is 20.6. The lowest BCUT2D eigenvalue weighted by atomic mass is 10.3. The summed E-state index contributed by atoms with van der Waals surface area (Å²) in [6, 6.07) is 18.8. The quantitative estimate of drug-likeness (QED) is 0.128. The molecule has 0 aliphatic heterocycles. The Hall–Kier alpha value is -2.49. The molecule has 2 heterocycles. The van der Waals surface area contributed by atoms with Gasteiger partial charge in [-0.05, 0) is 90.0 Å². The SMILES string of the molecule is COc1ccc(S(OS(=O)(=O)C(F)(F)F)(c2ccc(OC)cc2)c2ccc(Sc3ccc(C(C)=O)s3)s2)cc1. The molecular weight excluding hydrogens is 614 g/mol. The summed E-state index contributed by atoms with van der Waals surface area (Å²) < 4.78 is 83.9. The Morgan fingerprint density at radius 1 is 0.769 bits per heavy atom. The lowest BCUT2D eigenvalue weighted by molar-refractivity contribution is -0.0496. The molecule has 0 saturated carbocycles. The lowest BCUT2D eigenvalue weighted by Crippen LogP contribution is -2.27. The van der Waals surface area contributed by atoms with Gasteiger partial charge in [0.15, 0.2) is 5.78 Å². The summed E-state index contributed by atoms with van der Waals surface area (Å²) in [5.74, 6) is 0.788. The van der Waals surface area contributed by atoms with Crippen molar-refractivity contribution in [3.63, 3.8) is 0 Å². The smallest absolute Gasteiger partial charge is 0.497 e. The molecule has 4 aromatic rings. The average molecular weight is 635 g/mol. The molecule has 2 aromatic heterocycles. The van der Waals surface area contributed by atoms with Crippen LogP contribution in [0.2, 0.25) is 0 Å². The summed E-state index contributed by atoms with van der Waals surface area (Å²) in [6.07, 6.45) is 0. The minimum atomic E-state index is -6.05. The summed E-state index contributed by atoms with van der Waals surface area (Å²) in [5, 5.41) is 0. The van der Waals surface area contributed by atoms with Crippen LogP contribution >= 0.6 is 44.7 Å². The molecule has 2 aromatic carbocycles. The first-order valence-corrected chi connectivity index (χ1v) is 16.3. The Bertz CT molecular complexity index is 1510. The van der Waals surface area contributed by atoms with Crippen LogP contribution in [0.4, 0.5) is 13.2 Å². The summed E-state index contributed by atoms with van der Waals surface area (Å²) in [5.41, 5.74) is -5.65. The third kappa shape index (κ3) is 6.15. The van der Waals surface area contributed by atoms with Crippen molar-refractivity contribution in [2.75, 3.05) is 14.2 Å². The average Bonchev–Trinajstić information content (AvgIpc) is 3.57. The van der Waals surface area contributed by atoms with Crippen molar-refractivity contribution in [3.05, 3.63) is 77.7 Å². The molecule has 14 heteroatoms. The molecule has 4 rings (SSSR count). The van der Waals surface area contributed by atoms with E-state index in [4.69, 9.17) is 13.1 Å². The predicted molar refractivity (Wildman–Crippen MR) is 147 cm³/mol. The van der Waals surface area contributed by atoms with E-state index >= 15 is 0 Å². The van der Waals surface area contributed by atoms with Crippen molar-refractivity contribution < 1.29 is 39.5 Å². The van der Waals surface area contributed by atoms with Crippen molar-refractivity contribution in [2.45, 2.75) is 34.9 Å². The lowest BCUT2D eigenvalue weighted by Gasteiger charge is -2.38. The van der Waals surface area contributed by atoms with E-state index in [1.165, 1.54) is 92.8 Å². The first-order valence-electron chi connectivity index (χ1n) is 10.9. The van der Waals surface area contributed by atoms with E-state index in [0.29, 0.717) is 20.6 Å². The second kappa shape index (κ2) is 11.6. The van der Waals surface area contributed by atoms with Crippen molar-refractivity contribution in [3.8, 4) is 11.5 Å². The van der Waals surface area contributed by atoms with Gasteiger partial charge in [0.05, 0.1) is 31.7 Å². The molecule has 0 bridgehead atoms. The standard InChI is InChI=1S/C25H21F3O6S5/c1-16(29)21-12-13-22(35-21)36-23-14-15-24(37-23)38(34-39(30,31)25(26,27)28,19-8-4-17(32-2)5-9-19)20-10-6-18(33-3)7-11-20/h4-15H,1-3H3. The third-order valence-corrected chi connectivity index (χ3v) is 14.2. The molecule has 208 valence electrons. The fourth-order valence-corrected chi connectivity index (χ4v) is 12.5. The Kier molecular flexibility index (Phi) is 8.73. The van der Waals surface area contributed by atoms with Crippen molar-refractivity contribution >= 4 is 60.6 Å². The molecule has 0 aliphatic rings. The molecule has 0 amide bonds.